The fourth-order valence-electron chi connectivity index (χ4n) is 8.89. The summed E-state index contributed by atoms with van der Waals surface area (Å²) < 4.78 is 25.8. The van der Waals surface area contributed by atoms with E-state index in [1.165, 1.54) is 0 Å². The van der Waals surface area contributed by atoms with Crippen molar-refractivity contribution in [1.82, 2.24) is 4.90 Å². The average molecular weight is 727 g/mol. The number of aliphatic hydroxyl groups is 3. The molecule has 6 rings (SSSR count). The number of aliphatic hydroxyl groups excluding tert-OH is 3. The molecule has 0 radical (unpaired) electrons. The number of carbonyl (C=O) groups is 1. The van der Waals surface area contributed by atoms with Crippen molar-refractivity contribution in [3.63, 3.8) is 0 Å². The Bertz CT molecular complexity index is 1410. The van der Waals surface area contributed by atoms with Gasteiger partial charge in [0.25, 0.3) is 0 Å². The lowest BCUT2D eigenvalue weighted by Gasteiger charge is -2.60. The summed E-state index contributed by atoms with van der Waals surface area (Å²) in [5.41, 5.74) is 2.53. The van der Waals surface area contributed by atoms with Gasteiger partial charge in [0.15, 0.2) is 0 Å². The number of nitrogens with zero attached hydrogens (tertiary/aromatic N) is 2. The van der Waals surface area contributed by atoms with Crippen molar-refractivity contribution in [1.29, 1.82) is 0 Å². The largest absolute Gasteiger partial charge is 0.508 e. The van der Waals surface area contributed by atoms with E-state index >= 15 is 0 Å². The van der Waals surface area contributed by atoms with Gasteiger partial charge in [-0.25, -0.2) is 0 Å². The maximum absolute atomic E-state index is 14.4. The maximum Gasteiger partial charge on any atom is 0.239 e. The second-order valence-electron chi connectivity index (χ2n) is 14.8. The van der Waals surface area contributed by atoms with Crippen LogP contribution in [0.3, 0.4) is 0 Å². The standard InChI is InChI=1S/C40H58N2O10/c1-2-20-50-40-35(42(16-22-48-23-19-45)39(47)27-12-13-27)26-33(41-52-36-11-5-8-21-49-36)31-24-28(9-3-6-17-43)30(10-4-7-18-44)37(38(31)40)32-25-29(46)14-15-34(32)51-40/h2,14-15,24-25,27-28,30,35-38,43-46H,1,3-13,16-23,26H2. The number of allylic oxidation sites excluding steroid dienone is 1. The Kier molecular flexibility index (Phi) is 13.7. The van der Waals surface area contributed by atoms with E-state index in [9.17, 15) is 25.2 Å². The van der Waals surface area contributed by atoms with Crippen LogP contribution in [0, 0.1) is 23.7 Å². The van der Waals surface area contributed by atoms with Crippen LogP contribution in [-0.4, -0.2) is 108 Å². The van der Waals surface area contributed by atoms with Crippen LogP contribution in [0.2, 0.25) is 0 Å². The van der Waals surface area contributed by atoms with Gasteiger partial charge >= 0.3 is 0 Å². The van der Waals surface area contributed by atoms with Crippen LogP contribution in [0.1, 0.15) is 88.5 Å². The van der Waals surface area contributed by atoms with Crippen LogP contribution in [-0.2, 0) is 23.8 Å². The second kappa shape index (κ2) is 18.4. The maximum atomic E-state index is 14.4. The van der Waals surface area contributed by atoms with Crippen molar-refractivity contribution in [2.75, 3.05) is 52.8 Å². The zero-order chi connectivity index (χ0) is 36.5. The number of carbonyl (C=O) groups excluding carboxylic acids is 1. The van der Waals surface area contributed by atoms with Crippen LogP contribution < -0.4 is 4.74 Å². The number of phenols is 1. The number of phenolic OH excluding ortho intramolecular Hbond substituents is 1. The monoisotopic (exact) mass is 726 g/mol. The number of fused-ring (bicyclic) bond motifs is 2. The minimum Gasteiger partial charge on any atom is -0.508 e. The minimum absolute atomic E-state index is 0.0105. The number of unbranched alkanes of at least 4 members (excludes halogenated alkanes) is 2. The van der Waals surface area contributed by atoms with Crippen LogP contribution in [0.15, 0.2) is 47.7 Å². The topological polar surface area (TPSA) is 160 Å². The quantitative estimate of drug-likeness (QED) is 0.0836. The molecular weight excluding hydrogens is 668 g/mol. The van der Waals surface area contributed by atoms with Gasteiger partial charge in [-0.1, -0.05) is 30.1 Å². The first-order valence-corrected chi connectivity index (χ1v) is 19.5. The van der Waals surface area contributed by atoms with E-state index < -0.39 is 24.0 Å². The molecule has 0 spiro atoms. The van der Waals surface area contributed by atoms with Gasteiger partial charge in [0.05, 0.1) is 44.7 Å². The molecule has 7 unspecified atom stereocenters. The van der Waals surface area contributed by atoms with E-state index in [1.807, 2.05) is 4.90 Å². The molecule has 0 bridgehead atoms. The van der Waals surface area contributed by atoms with Gasteiger partial charge < -0.3 is 49.1 Å². The van der Waals surface area contributed by atoms with Crippen molar-refractivity contribution in [2.24, 2.45) is 28.8 Å². The Morgan fingerprint density at radius 3 is 2.56 bits per heavy atom. The molecule has 288 valence electrons. The fourth-order valence-corrected chi connectivity index (χ4v) is 8.89. The lowest BCUT2D eigenvalue weighted by atomic mass is 9.55. The minimum atomic E-state index is -1.36. The van der Waals surface area contributed by atoms with Gasteiger partial charge in [-0.3, -0.25) is 4.79 Å². The third-order valence-corrected chi connectivity index (χ3v) is 11.4. The summed E-state index contributed by atoms with van der Waals surface area (Å²) in [5.74, 6) is -1.22. The molecule has 1 amide bonds. The second-order valence-corrected chi connectivity index (χ2v) is 14.8. The number of rotatable bonds is 20. The SMILES string of the molecule is C=CCOC12Oc3ccc(O)cc3C3C(CCCCO)C(CCCCO)C=C(C(=NOC4CCCCO4)CC1N(CCOCCO)C(=O)C1CC1)C32. The van der Waals surface area contributed by atoms with Gasteiger partial charge in [-0.05, 0) is 87.0 Å². The Morgan fingerprint density at radius 1 is 1.04 bits per heavy atom. The number of hydrogen-bond acceptors (Lipinski definition) is 11. The molecule has 1 saturated heterocycles. The molecule has 2 heterocycles. The molecule has 4 N–H and O–H groups in total. The first-order valence-electron chi connectivity index (χ1n) is 19.5. The smallest absolute Gasteiger partial charge is 0.239 e. The third-order valence-electron chi connectivity index (χ3n) is 11.4. The number of aromatic hydroxyl groups is 1. The Morgan fingerprint density at radius 2 is 1.85 bits per heavy atom. The Balaban J connectivity index is 1.54. The lowest BCUT2D eigenvalue weighted by Crippen LogP contribution is -2.70. The van der Waals surface area contributed by atoms with Crippen LogP contribution >= 0.6 is 0 Å². The highest BCUT2D eigenvalue weighted by Gasteiger charge is 2.65. The van der Waals surface area contributed by atoms with Crippen LogP contribution in [0.4, 0.5) is 0 Å². The van der Waals surface area contributed by atoms with E-state index in [0.717, 1.165) is 68.9 Å². The van der Waals surface area contributed by atoms with Gasteiger partial charge in [-0.2, -0.15) is 0 Å². The first-order chi connectivity index (χ1) is 25.4. The summed E-state index contributed by atoms with van der Waals surface area (Å²) in [7, 11) is 0. The van der Waals surface area contributed by atoms with Gasteiger partial charge in [-0.15, -0.1) is 6.58 Å². The highest BCUT2D eigenvalue weighted by atomic mass is 16.8. The molecule has 2 aliphatic heterocycles. The third kappa shape index (κ3) is 8.53. The Labute approximate surface area is 307 Å². The summed E-state index contributed by atoms with van der Waals surface area (Å²) in [4.78, 5) is 22.4. The summed E-state index contributed by atoms with van der Waals surface area (Å²) in [6.07, 6.45) is 12.8. The molecule has 52 heavy (non-hydrogen) atoms. The van der Waals surface area contributed by atoms with Gasteiger partial charge in [0.2, 0.25) is 18.0 Å². The van der Waals surface area contributed by atoms with Crippen LogP contribution in [0.5, 0.6) is 11.5 Å². The zero-order valence-corrected chi connectivity index (χ0v) is 30.4. The van der Waals surface area contributed by atoms with Crippen molar-refractivity contribution in [3.8, 4) is 11.5 Å². The number of oxime groups is 1. The average Bonchev–Trinajstić information content (AvgIpc) is 4.01. The fraction of sp³-hybridized carbons (Fsp3) is 0.700. The zero-order valence-electron chi connectivity index (χ0n) is 30.4. The summed E-state index contributed by atoms with van der Waals surface area (Å²) in [6.45, 7) is 5.51. The summed E-state index contributed by atoms with van der Waals surface area (Å²) in [5, 5.41) is 44.7. The first kappa shape index (κ1) is 38.7. The van der Waals surface area contributed by atoms with E-state index in [2.05, 4.69) is 12.7 Å². The number of ether oxygens (including phenoxy) is 4. The molecule has 12 nitrogen and oxygen atoms in total. The van der Waals surface area contributed by atoms with E-state index in [1.54, 1.807) is 24.3 Å². The molecule has 7 atom stereocenters. The highest BCUT2D eigenvalue weighted by molar-refractivity contribution is 6.03. The van der Waals surface area contributed by atoms with Gasteiger partial charge in [0.1, 0.15) is 17.5 Å². The van der Waals surface area contributed by atoms with Crippen molar-refractivity contribution in [2.45, 2.75) is 101 Å². The molecule has 0 aromatic heterocycles. The van der Waals surface area contributed by atoms with Crippen molar-refractivity contribution in [3.05, 3.63) is 48.1 Å². The number of hydrogen-bond donors (Lipinski definition) is 4. The van der Waals surface area contributed by atoms with Gasteiger partial charge in [0, 0.05) is 50.0 Å². The number of benzene rings is 1. The van der Waals surface area contributed by atoms with E-state index in [-0.39, 0.29) is 81.5 Å². The molecule has 3 fully saturated rings. The lowest BCUT2D eigenvalue weighted by molar-refractivity contribution is -0.258. The summed E-state index contributed by atoms with van der Waals surface area (Å²) >= 11 is 0. The molecule has 1 aromatic rings. The Hall–Kier alpha value is -3.00. The predicted molar refractivity (Wildman–Crippen MR) is 194 cm³/mol. The molecule has 3 aliphatic carbocycles. The normalized spacial score (nSPS) is 30.1. The van der Waals surface area contributed by atoms with E-state index in [0.29, 0.717) is 37.3 Å². The van der Waals surface area contributed by atoms with E-state index in [4.69, 9.17) is 28.9 Å². The molecule has 2 saturated carbocycles. The molecule has 5 aliphatic rings. The van der Waals surface area contributed by atoms with Crippen LogP contribution in [0.25, 0.3) is 0 Å². The number of amides is 1. The molecular formula is C40H58N2O10. The molecule has 12 heteroatoms. The molecule has 1 aromatic carbocycles. The van der Waals surface area contributed by atoms with Crippen molar-refractivity contribution < 1.29 is 49.0 Å². The predicted octanol–water partition coefficient (Wildman–Crippen LogP) is 4.80. The highest BCUT2D eigenvalue weighted by Crippen LogP contribution is 2.62. The summed E-state index contributed by atoms with van der Waals surface area (Å²) in [6, 6.07) is 4.58. The van der Waals surface area contributed by atoms with Crippen molar-refractivity contribution >= 4 is 11.6 Å².